The molecule has 0 spiro atoms. The summed E-state index contributed by atoms with van der Waals surface area (Å²) in [5.74, 6) is -1.02. The van der Waals surface area contributed by atoms with Crippen molar-refractivity contribution < 1.29 is 30.8 Å². The van der Waals surface area contributed by atoms with Crippen molar-refractivity contribution in [2.75, 3.05) is 7.05 Å². The molecule has 0 radical (unpaired) electrons. The van der Waals surface area contributed by atoms with Crippen LogP contribution in [0.4, 0.5) is 17.6 Å². The lowest BCUT2D eigenvalue weighted by atomic mass is 10.0. The number of nitrogens with zero attached hydrogens (tertiary/aromatic N) is 1. The van der Waals surface area contributed by atoms with Crippen molar-refractivity contribution in [3.05, 3.63) is 89.7 Å². The molecule has 0 heterocycles. The standard InChI is InChI=1S/C25H22F4N2O3S/c1-31(35(33,34)22-11-9-21(26)10-12-22)24(13-14-24)23(32)30-16-17-3-2-4-19(15-17)18-5-7-20(8-6-18)25(27,28)29/h2-12,15H,13-14,16H2,1H3,(H,30,32). The van der Waals surface area contributed by atoms with Gasteiger partial charge in [0.15, 0.2) is 0 Å². The lowest BCUT2D eigenvalue weighted by Gasteiger charge is -2.26. The topological polar surface area (TPSA) is 66.5 Å². The van der Waals surface area contributed by atoms with Gasteiger partial charge in [0.25, 0.3) is 0 Å². The Morgan fingerprint density at radius 3 is 2.17 bits per heavy atom. The van der Waals surface area contributed by atoms with Crippen LogP contribution >= 0.6 is 0 Å². The van der Waals surface area contributed by atoms with Crippen LogP contribution < -0.4 is 5.32 Å². The van der Waals surface area contributed by atoms with Crippen molar-refractivity contribution in [3.8, 4) is 11.1 Å². The zero-order chi connectivity index (χ0) is 25.4. The average Bonchev–Trinajstić information content (AvgIpc) is 3.64. The maximum Gasteiger partial charge on any atom is 0.416 e. The van der Waals surface area contributed by atoms with Gasteiger partial charge in [-0.2, -0.15) is 17.5 Å². The van der Waals surface area contributed by atoms with E-state index in [1.807, 2.05) is 0 Å². The first-order chi connectivity index (χ1) is 16.4. The molecule has 1 aliphatic rings. The van der Waals surface area contributed by atoms with E-state index in [0.717, 1.165) is 40.7 Å². The molecule has 0 bridgehead atoms. The molecule has 184 valence electrons. The maximum atomic E-state index is 13.2. The van der Waals surface area contributed by atoms with Crippen LogP contribution in [-0.4, -0.2) is 31.2 Å². The van der Waals surface area contributed by atoms with Gasteiger partial charge in [-0.25, -0.2) is 12.8 Å². The summed E-state index contributed by atoms with van der Waals surface area (Å²) in [6.45, 7) is 0.111. The molecular weight excluding hydrogens is 484 g/mol. The van der Waals surface area contributed by atoms with Crippen LogP contribution in [0.15, 0.2) is 77.7 Å². The number of rotatable bonds is 7. The molecule has 1 fully saturated rings. The number of hydrogen-bond donors (Lipinski definition) is 1. The number of hydrogen-bond acceptors (Lipinski definition) is 3. The van der Waals surface area contributed by atoms with Crippen LogP contribution in [0.3, 0.4) is 0 Å². The van der Waals surface area contributed by atoms with E-state index in [-0.39, 0.29) is 11.4 Å². The molecule has 0 atom stereocenters. The smallest absolute Gasteiger partial charge is 0.350 e. The van der Waals surface area contributed by atoms with E-state index in [1.54, 1.807) is 24.3 Å². The molecule has 5 nitrogen and oxygen atoms in total. The third-order valence-corrected chi connectivity index (χ3v) is 8.09. The number of amides is 1. The molecule has 0 aromatic heterocycles. The monoisotopic (exact) mass is 506 g/mol. The molecule has 3 aromatic rings. The molecule has 4 rings (SSSR count). The van der Waals surface area contributed by atoms with E-state index in [1.165, 1.54) is 19.2 Å². The molecule has 0 aliphatic heterocycles. The van der Waals surface area contributed by atoms with Gasteiger partial charge in [-0.1, -0.05) is 30.3 Å². The highest BCUT2D eigenvalue weighted by atomic mass is 32.2. The fourth-order valence-corrected chi connectivity index (χ4v) is 5.38. The van der Waals surface area contributed by atoms with Crippen molar-refractivity contribution >= 4 is 15.9 Å². The molecule has 0 saturated heterocycles. The third kappa shape index (κ3) is 5.08. The fourth-order valence-electron chi connectivity index (χ4n) is 3.86. The Bertz CT molecular complexity index is 1330. The maximum absolute atomic E-state index is 13.2. The Balaban J connectivity index is 1.45. The third-order valence-electron chi connectivity index (χ3n) is 6.15. The van der Waals surface area contributed by atoms with Gasteiger partial charge in [0, 0.05) is 13.6 Å². The minimum Gasteiger partial charge on any atom is -0.350 e. The zero-order valence-electron chi connectivity index (χ0n) is 18.6. The fraction of sp³-hybridized carbons (Fsp3) is 0.240. The van der Waals surface area contributed by atoms with Gasteiger partial charge in [-0.3, -0.25) is 4.79 Å². The van der Waals surface area contributed by atoms with E-state index in [9.17, 15) is 30.8 Å². The highest BCUT2D eigenvalue weighted by Crippen LogP contribution is 2.44. The average molecular weight is 507 g/mol. The second-order valence-electron chi connectivity index (χ2n) is 8.42. The normalized spacial score (nSPS) is 15.1. The predicted octanol–water partition coefficient (Wildman–Crippen LogP) is 4.98. The minimum atomic E-state index is -4.42. The van der Waals surface area contributed by atoms with Gasteiger partial charge in [-0.15, -0.1) is 0 Å². The Morgan fingerprint density at radius 1 is 0.971 bits per heavy atom. The van der Waals surface area contributed by atoms with Gasteiger partial charge < -0.3 is 5.32 Å². The first kappa shape index (κ1) is 24.9. The van der Waals surface area contributed by atoms with Crippen molar-refractivity contribution in [1.82, 2.24) is 9.62 Å². The number of halogens is 4. The van der Waals surface area contributed by atoms with Crippen LogP contribution in [0, 0.1) is 5.82 Å². The number of nitrogens with one attached hydrogen (secondary N) is 1. The summed E-state index contributed by atoms with van der Waals surface area (Å²) in [4.78, 5) is 12.9. The molecule has 3 aromatic carbocycles. The predicted molar refractivity (Wildman–Crippen MR) is 122 cm³/mol. The highest BCUT2D eigenvalue weighted by molar-refractivity contribution is 7.89. The SMILES string of the molecule is CN(C1(C(=O)NCc2cccc(-c3ccc(C(F)(F)F)cc3)c2)CC1)S(=O)(=O)c1ccc(F)cc1. The number of benzene rings is 3. The summed E-state index contributed by atoms with van der Waals surface area (Å²) in [5, 5.41) is 2.77. The largest absolute Gasteiger partial charge is 0.416 e. The van der Waals surface area contributed by atoms with Crippen LogP contribution in [-0.2, 0) is 27.5 Å². The molecule has 10 heteroatoms. The summed E-state index contributed by atoms with van der Waals surface area (Å²) in [6.07, 6.45) is -3.72. The number of alkyl halides is 3. The highest BCUT2D eigenvalue weighted by Gasteiger charge is 2.57. The van der Waals surface area contributed by atoms with Crippen molar-refractivity contribution in [1.29, 1.82) is 0 Å². The summed E-state index contributed by atoms with van der Waals surface area (Å²) in [5.41, 5.74) is 0.0189. The molecule has 1 aliphatic carbocycles. The molecule has 1 amide bonds. The molecule has 1 N–H and O–H groups in total. The van der Waals surface area contributed by atoms with E-state index in [2.05, 4.69) is 5.32 Å². The van der Waals surface area contributed by atoms with Gasteiger partial charge in [0.2, 0.25) is 15.9 Å². The van der Waals surface area contributed by atoms with Crippen molar-refractivity contribution in [2.45, 2.75) is 36.0 Å². The van der Waals surface area contributed by atoms with E-state index in [0.29, 0.717) is 29.5 Å². The summed E-state index contributed by atoms with van der Waals surface area (Å²) in [6, 6.07) is 16.2. The first-order valence-electron chi connectivity index (χ1n) is 10.7. The van der Waals surface area contributed by atoms with Gasteiger partial charge in [0.05, 0.1) is 10.5 Å². The molecule has 1 saturated carbocycles. The van der Waals surface area contributed by atoms with Crippen LogP contribution in [0.25, 0.3) is 11.1 Å². The van der Waals surface area contributed by atoms with E-state index < -0.39 is 39.0 Å². The second kappa shape index (κ2) is 9.09. The quantitative estimate of drug-likeness (QED) is 0.460. The van der Waals surface area contributed by atoms with Gasteiger partial charge >= 0.3 is 6.18 Å². The van der Waals surface area contributed by atoms with Crippen LogP contribution in [0.5, 0.6) is 0 Å². The number of sulfonamides is 1. The Kier molecular flexibility index (Phi) is 6.46. The van der Waals surface area contributed by atoms with Gasteiger partial charge in [-0.05, 0) is 72.0 Å². The van der Waals surface area contributed by atoms with Crippen LogP contribution in [0.1, 0.15) is 24.0 Å². The number of likely N-dealkylation sites (N-methyl/N-ethyl adjacent to an activating group) is 1. The van der Waals surface area contributed by atoms with Crippen molar-refractivity contribution in [2.24, 2.45) is 0 Å². The molecule has 0 unspecified atom stereocenters. The minimum absolute atomic E-state index is 0.107. The Labute approximate surface area is 200 Å². The number of carbonyl (C=O) groups excluding carboxylic acids is 1. The van der Waals surface area contributed by atoms with Gasteiger partial charge in [0.1, 0.15) is 11.4 Å². The van der Waals surface area contributed by atoms with Crippen LogP contribution in [0.2, 0.25) is 0 Å². The Hall–Kier alpha value is -3.24. The lowest BCUT2D eigenvalue weighted by molar-refractivity contribution is -0.137. The first-order valence-corrected chi connectivity index (χ1v) is 12.2. The van der Waals surface area contributed by atoms with Crippen molar-refractivity contribution in [3.63, 3.8) is 0 Å². The lowest BCUT2D eigenvalue weighted by Crippen LogP contribution is -2.49. The van der Waals surface area contributed by atoms with E-state index in [4.69, 9.17) is 0 Å². The molecule has 35 heavy (non-hydrogen) atoms. The zero-order valence-corrected chi connectivity index (χ0v) is 19.5. The van der Waals surface area contributed by atoms with E-state index >= 15 is 0 Å². The Morgan fingerprint density at radius 2 is 1.60 bits per heavy atom. The summed E-state index contributed by atoms with van der Waals surface area (Å²) >= 11 is 0. The summed E-state index contributed by atoms with van der Waals surface area (Å²) < 4.78 is 78.6. The summed E-state index contributed by atoms with van der Waals surface area (Å²) in [7, 11) is -2.68. The molecular formula is C25H22F4N2O3S. The second-order valence-corrected chi connectivity index (χ2v) is 10.4. The number of carbonyl (C=O) groups is 1.